The molecule has 43 heavy (non-hydrogen) atoms. The second kappa shape index (κ2) is 34.9. The van der Waals surface area contributed by atoms with Crippen molar-refractivity contribution in [2.75, 3.05) is 13.2 Å². The van der Waals surface area contributed by atoms with Crippen LogP contribution in [0.15, 0.2) is 24.3 Å². The predicted molar refractivity (Wildman–Crippen MR) is 182 cm³/mol. The van der Waals surface area contributed by atoms with Crippen molar-refractivity contribution in [2.45, 2.75) is 193 Å². The first-order valence-electron chi connectivity index (χ1n) is 18.4. The van der Waals surface area contributed by atoms with Crippen LogP contribution < -0.4 is 0 Å². The summed E-state index contributed by atoms with van der Waals surface area (Å²) in [4.78, 5) is 24.2. The van der Waals surface area contributed by atoms with Crippen LogP contribution in [0.4, 0.5) is 0 Å². The standard InChI is InChI=1S/C38H70O5/c1-3-5-7-9-11-13-15-17-18-19-20-21-23-25-27-29-31-33-38(41)43-36(34-39)35-42-37(40)32-30-28-26-24-22-16-14-12-10-8-6-4-2/h12,14,17-18,36,39H,3-11,13,15-16,19-35H2,1-2H3/b14-12-,18-17-/t36-/m0/s1. The van der Waals surface area contributed by atoms with Gasteiger partial charge < -0.3 is 14.6 Å². The van der Waals surface area contributed by atoms with Gasteiger partial charge in [0, 0.05) is 12.8 Å². The largest absolute Gasteiger partial charge is 0.462 e. The van der Waals surface area contributed by atoms with Crippen LogP contribution in [-0.2, 0) is 19.1 Å². The summed E-state index contributed by atoms with van der Waals surface area (Å²) in [5.41, 5.74) is 0. The lowest BCUT2D eigenvalue weighted by Crippen LogP contribution is -2.28. The molecular weight excluding hydrogens is 536 g/mol. The average molecular weight is 607 g/mol. The van der Waals surface area contributed by atoms with Crippen LogP contribution in [0.25, 0.3) is 0 Å². The maximum atomic E-state index is 12.1. The summed E-state index contributed by atoms with van der Waals surface area (Å²) in [6.07, 6.45) is 39.4. The summed E-state index contributed by atoms with van der Waals surface area (Å²) in [7, 11) is 0. The van der Waals surface area contributed by atoms with Gasteiger partial charge in [-0.2, -0.15) is 0 Å². The number of ether oxygens (including phenoxy) is 2. The molecule has 5 nitrogen and oxygen atoms in total. The Balaban J connectivity index is 3.57. The van der Waals surface area contributed by atoms with E-state index in [2.05, 4.69) is 38.2 Å². The Bertz CT molecular complexity index is 657. The van der Waals surface area contributed by atoms with Crippen molar-refractivity contribution in [3.8, 4) is 0 Å². The van der Waals surface area contributed by atoms with Crippen LogP contribution in [0.5, 0.6) is 0 Å². The van der Waals surface area contributed by atoms with E-state index in [1.54, 1.807) is 0 Å². The molecule has 0 heterocycles. The molecule has 252 valence electrons. The number of esters is 2. The molecule has 0 aromatic carbocycles. The summed E-state index contributed by atoms with van der Waals surface area (Å²) in [6.45, 7) is 4.09. The highest BCUT2D eigenvalue weighted by atomic mass is 16.6. The lowest BCUT2D eigenvalue weighted by atomic mass is 10.1. The molecule has 0 spiro atoms. The van der Waals surface area contributed by atoms with Gasteiger partial charge in [0.05, 0.1) is 6.61 Å². The van der Waals surface area contributed by atoms with Crippen molar-refractivity contribution < 1.29 is 24.2 Å². The summed E-state index contributed by atoms with van der Waals surface area (Å²) >= 11 is 0. The molecular formula is C38H70O5. The van der Waals surface area contributed by atoms with Gasteiger partial charge in [-0.3, -0.25) is 9.59 Å². The number of aliphatic hydroxyl groups is 1. The Hall–Kier alpha value is -1.62. The first-order chi connectivity index (χ1) is 21.1. The van der Waals surface area contributed by atoms with E-state index >= 15 is 0 Å². The lowest BCUT2D eigenvalue weighted by molar-refractivity contribution is -0.161. The number of aliphatic hydroxyl groups excluding tert-OH is 1. The first-order valence-corrected chi connectivity index (χ1v) is 18.4. The van der Waals surface area contributed by atoms with Crippen molar-refractivity contribution in [1.82, 2.24) is 0 Å². The zero-order valence-corrected chi connectivity index (χ0v) is 28.5. The Morgan fingerprint density at radius 1 is 0.512 bits per heavy atom. The van der Waals surface area contributed by atoms with Crippen LogP contribution >= 0.6 is 0 Å². The fourth-order valence-electron chi connectivity index (χ4n) is 5.13. The van der Waals surface area contributed by atoms with Crippen molar-refractivity contribution in [3.05, 3.63) is 24.3 Å². The van der Waals surface area contributed by atoms with Crippen LogP contribution in [0.3, 0.4) is 0 Å². The summed E-state index contributed by atoms with van der Waals surface area (Å²) in [5.74, 6) is -0.604. The molecule has 0 aromatic heterocycles. The predicted octanol–water partition coefficient (Wildman–Crippen LogP) is 11.1. The molecule has 0 aliphatic carbocycles. The lowest BCUT2D eigenvalue weighted by Gasteiger charge is -2.15. The summed E-state index contributed by atoms with van der Waals surface area (Å²) < 4.78 is 10.6. The number of hydrogen-bond donors (Lipinski definition) is 1. The van der Waals surface area contributed by atoms with E-state index in [9.17, 15) is 14.7 Å². The van der Waals surface area contributed by atoms with Gasteiger partial charge in [0.1, 0.15) is 6.61 Å². The van der Waals surface area contributed by atoms with Crippen molar-refractivity contribution in [3.63, 3.8) is 0 Å². The number of allylic oxidation sites excluding steroid dienone is 4. The third-order valence-electron chi connectivity index (χ3n) is 7.97. The van der Waals surface area contributed by atoms with E-state index in [4.69, 9.17) is 9.47 Å². The molecule has 5 heteroatoms. The van der Waals surface area contributed by atoms with Gasteiger partial charge >= 0.3 is 11.9 Å². The van der Waals surface area contributed by atoms with Crippen LogP contribution in [0.2, 0.25) is 0 Å². The van der Waals surface area contributed by atoms with Gasteiger partial charge in [0.2, 0.25) is 0 Å². The molecule has 0 bridgehead atoms. The summed E-state index contributed by atoms with van der Waals surface area (Å²) in [6, 6.07) is 0. The van der Waals surface area contributed by atoms with E-state index in [0.717, 1.165) is 44.9 Å². The number of carbonyl (C=O) groups is 2. The first kappa shape index (κ1) is 41.4. The number of rotatable bonds is 33. The third-order valence-corrected chi connectivity index (χ3v) is 7.97. The zero-order chi connectivity index (χ0) is 31.5. The molecule has 1 atom stereocenters. The van der Waals surface area contributed by atoms with Gasteiger partial charge in [-0.25, -0.2) is 0 Å². The van der Waals surface area contributed by atoms with E-state index < -0.39 is 6.10 Å². The van der Waals surface area contributed by atoms with Crippen LogP contribution in [0, 0.1) is 0 Å². The minimum absolute atomic E-state index is 0.0695. The molecule has 1 N–H and O–H groups in total. The SMILES string of the molecule is CCCCC/C=C\CCCCCCCC(=O)OC[C@H](CO)OC(=O)CCCCCCCCC/C=C\CCCCCCCC. The van der Waals surface area contributed by atoms with Gasteiger partial charge in [-0.1, -0.05) is 134 Å². The third kappa shape index (κ3) is 33.1. The summed E-state index contributed by atoms with van der Waals surface area (Å²) in [5, 5.41) is 9.52. The molecule has 0 aliphatic rings. The van der Waals surface area contributed by atoms with Gasteiger partial charge in [-0.05, 0) is 64.2 Å². The highest BCUT2D eigenvalue weighted by molar-refractivity contribution is 5.70. The van der Waals surface area contributed by atoms with Gasteiger partial charge in [0.15, 0.2) is 6.10 Å². The fourth-order valence-corrected chi connectivity index (χ4v) is 5.13. The topological polar surface area (TPSA) is 72.8 Å². The smallest absolute Gasteiger partial charge is 0.306 e. The molecule has 0 rings (SSSR count). The quantitative estimate of drug-likeness (QED) is 0.0457. The maximum absolute atomic E-state index is 12.1. The number of unbranched alkanes of at least 4 members (excludes halogenated alkanes) is 21. The molecule has 0 aliphatic heterocycles. The highest BCUT2D eigenvalue weighted by Crippen LogP contribution is 2.13. The monoisotopic (exact) mass is 607 g/mol. The van der Waals surface area contributed by atoms with E-state index in [1.165, 1.54) is 116 Å². The average Bonchev–Trinajstić information content (AvgIpc) is 3.01. The minimum atomic E-state index is -0.772. The second-order valence-electron chi connectivity index (χ2n) is 12.3. The molecule has 0 fully saturated rings. The minimum Gasteiger partial charge on any atom is -0.462 e. The van der Waals surface area contributed by atoms with Crippen LogP contribution in [0.1, 0.15) is 187 Å². The normalized spacial score (nSPS) is 12.3. The van der Waals surface area contributed by atoms with Crippen LogP contribution in [-0.4, -0.2) is 36.4 Å². The van der Waals surface area contributed by atoms with E-state index in [-0.39, 0.29) is 25.2 Å². The van der Waals surface area contributed by atoms with Gasteiger partial charge in [-0.15, -0.1) is 0 Å². The number of carbonyl (C=O) groups excluding carboxylic acids is 2. The molecule has 0 saturated heterocycles. The van der Waals surface area contributed by atoms with Gasteiger partial charge in [0.25, 0.3) is 0 Å². The fraction of sp³-hybridized carbons (Fsp3) is 0.842. The Morgan fingerprint density at radius 3 is 1.30 bits per heavy atom. The Kier molecular flexibility index (Phi) is 33.6. The molecule has 0 unspecified atom stereocenters. The zero-order valence-electron chi connectivity index (χ0n) is 28.5. The van der Waals surface area contributed by atoms with E-state index in [1.807, 2.05) is 0 Å². The van der Waals surface area contributed by atoms with Crippen molar-refractivity contribution >= 4 is 11.9 Å². The maximum Gasteiger partial charge on any atom is 0.306 e. The molecule has 0 saturated carbocycles. The Labute approximate surface area is 266 Å². The second-order valence-corrected chi connectivity index (χ2v) is 12.3. The molecule has 0 amide bonds. The highest BCUT2D eigenvalue weighted by Gasteiger charge is 2.16. The molecule has 0 radical (unpaired) electrons. The number of hydrogen-bond acceptors (Lipinski definition) is 5. The Morgan fingerprint density at radius 2 is 0.860 bits per heavy atom. The van der Waals surface area contributed by atoms with E-state index in [0.29, 0.717) is 12.8 Å². The molecule has 0 aromatic rings. The van der Waals surface area contributed by atoms with Crippen molar-refractivity contribution in [2.24, 2.45) is 0 Å². The van der Waals surface area contributed by atoms with Crippen molar-refractivity contribution in [1.29, 1.82) is 0 Å².